The molecular formula is C28H33ClN2O4S. The summed E-state index contributed by atoms with van der Waals surface area (Å²) in [7, 11) is -2.57. The number of anilines is 1. The summed E-state index contributed by atoms with van der Waals surface area (Å²) < 4.78 is 33.5. The molecule has 1 atom stereocenters. The van der Waals surface area contributed by atoms with Crippen LogP contribution in [0.1, 0.15) is 50.4 Å². The average molecular weight is 529 g/mol. The van der Waals surface area contributed by atoms with Crippen LogP contribution in [0.25, 0.3) is 0 Å². The largest absolute Gasteiger partial charge is 0.495 e. The molecule has 1 amide bonds. The number of aryl methyl sites for hydroxylation is 1. The quantitative estimate of drug-likeness (QED) is 0.387. The van der Waals surface area contributed by atoms with Gasteiger partial charge in [0.25, 0.3) is 10.0 Å². The number of carbonyl (C=O) groups excluding carboxylic acids is 1. The molecule has 0 bridgehead atoms. The Kier molecular flexibility index (Phi) is 8.37. The number of benzene rings is 3. The summed E-state index contributed by atoms with van der Waals surface area (Å²) in [6.45, 7) is 9.75. The SMILES string of the molecule is COc1ccc(N(CC(=O)N[C@H](C)c2ccc(C(C)(C)C)cc2)S(=O)(=O)c2ccc(C)cc2)cc1Cl. The van der Waals surface area contributed by atoms with Gasteiger partial charge in [0.1, 0.15) is 12.3 Å². The highest BCUT2D eigenvalue weighted by Gasteiger charge is 2.28. The van der Waals surface area contributed by atoms with Gasteiger partial charge >= 0.3 is 0 Å². The van der Waals surface area contributed by atoms with E-state index in [-0.39, 0.29) is 27.1 Å². The topological polar surface area (TPSA) is 75.7 Å². The highest BCUT2D eigenvalue weighted by atomic mass is 35.5. The number of halogens is 1. The van der Waals surface area contributed by atoms with Gasteiger partial charge in [0, 0.05) is 0 Å². The van der Waals surface area contributed by atoms with Gasteiger partial charge in [-0.25, -0.2) is 8.42 Å². The summed E-state index contributed by atoms with van der Waals surface area (Å²) in [5.41, 5.74) is 3.33. The van der Waals surface area contributed by atoms with Crippen molar-refractivity contribution in [3.8, 4) is 5.75 Å². The second-order valence-corrected chi connectivity index (χ2v) is 12.1. The molecule has 0 aliphatic heterocycles. The van der Waals surface area contributed by atoms with E-state index in [0.29, 0.717) is 5.75 Å². The Hall–Kier alpha value is -3.03. The highest BCUT2D eigenvalue weighted by molar-refractivity contribution is 7.92. The molecule has 6 nitrogen and oxygen atoms in total. The second kappa shape index (κ2) is 10.9. The monoisotopic (exact) mass is 528 g/mol. The predicted octanol–water partition coefficient (Wildman–Crippen LogP) is 6.03. The lowest BCUT2D eigenvalue weighted by molar-refractivity contribution is -0.120. The third-order valence-corrected chi connectivity index (χ3v) is 8.06. The lowest BCUT2D eigenvalue weighted by Crippen LogP contribution is -2.41. The number of amides is 1. The van der Waals surface area contributed by atoms with Crippen molar-refractivity contribution >= 4 is 33.2 Å². The second-order valence-electron chi connectivity index (χ2n) is 9.80. The van der Waals surface area contributed by atoms with Crippen molar-refractivity contribution in [2.45, 2.75) is 51.0 Å². The van der Waals surface area contributed by atoms with Crippen LogP contribution in [-0.2, 0) is 20.2 Å². The number of rotatable bonds is 8. The van der Waals surface area contributed by atoms with E-state index in [9.17, 15) is 13.2 Å². The van der Waals surface area contributed by atoms with Gasteiger partial charge in [-0.15, -0.1) is 0 Å². The van der Waals surface area contributed by atoms with Crippen LogP contribution < -0.4 is 14.4 Å². The standard InChI is InChI=1S/C28H33ClN2O4S/c1-19-7-14-24(15-8-19)36(33,34)31(23-13-16-26(35-6)25(29)17-23)18-27(32)30-20(2)21-9-11-22(12-10-21)28(3,4)5/h7-17,20H,18H2,1-6H3,(H,30,32)/t20-/m1/s1. The molecule has 0 heterocycles. The van der Waals surface area contributed by atoms with Crippen LogP contribution in [0.2, 0.25) is 5.02 Å². The van der Waals surface area contributed by atoms with Crippen molar-refractivity contribution in [3.63, 3.8) is 0 Å². The van der Waals surface area contributed by atoms with Crippen molar-refractivity contribution in [1.82, 2.24) is 5.32 Å². The Morgan fingerprint density at radius 3 is 2.17 bits per heavy atom. The minimum absolute atomic E-state index is 0.0233. The third-order valence-electron chi connectivity index (χ3n) is 5.97. The average Bonchev–Trinajstić information content (AvgIpc) is 2.82. The van der Waals surface area contributed by atoms with Crippen LogP contribution in [0.4, 0.5) is 5.69 Å². The Morgan fingerprint density at radius 1 is 1.03 bits per heavy atom. The molecule has 0 aliphatic rings. The Morgan fingerprint density at radius 2 is 1.64 bits per heavy atom. The fraction of sp³-hybridized carbons (Fsp3) is 0.321. The zero-order chi connectivity index (χ0) is 26.7. The van der Waals surface area contributed by atoms with Crippen molar-refractivity contribution in [2.24, 2.45) is 0 Å². The van der Waals surface area contributed by atoms with Gasteiger partial charge in [-0.3, -0.25) is 9.10 Å². The Bertz CT molecular complexity index is 1320. The molecule has 0 unspecified atom stereocenters. The molecule has 0 aromatic heterocycles. The zero-order valence-electron chi connectivity index (χ0n) is 21.5. The van der Waals surface area contributed by atoms with Gasteiger partial charge in [-0.2, -0.15) is 0 Å². The molecule has 0 saturated heterocycles. The fourth-order valence-corrected chi connectivity index (χ4v) is 5.40. The highest BCUT2D eigenvalue weighted by Crippen LogP contribution is 2.32. The fourth-order valence-electron chi connectivity index (χ4n) is 3.74. The van der Waals surface area contributed by atoms with Crippen LogP contribution in [-0.4, -0.2) is 28.0 Å². The van der Waals surface area contributed by atoms with Gasteiger partial charge in [-0.1, -0.05) is 74.3 Å². The summed E-state index contributed by atoms with van der Waals surface area (Å²) in [5.74, 6) is -0.0325. The summed E-state index contributed by atoms with van der Waals surface area (Å²) in [6, 6.07) is 18.9. The summed E-state index contributed by atoms with van der Waals surface area (Å²) in [6.07, 6.45) is 0. The van der Waals surface area contributed by atoms with Crippen molar-refractivity contribution in [1.29, 1.82) is 0 Å². The van der Waals surface area contributed by atoms with Crippen molar-refractivity contribution < 1.29 is 17.9 Å². The van der Waals surface area contributed by atoms with E-state index >= 15 is 0 Å². The number of carbonyl (C=O) groups is 1. The van der Waals surface area contributed by atoms with Crippen LogP contribution in [0, 0.1) is 6.92 Å². The number of hydrogen-bond donors (Lipinski definition) is 1. The molecule has 0 aliphatic carbocycles. The molecule has 36 heavy (non-hydrogen) atoms. The lowest BCUT2D eigenvalue weighted by Gasteiger charge is -2.26. The Balaban J connectivity index is 1.89. The first-order valence-corrected chi connectivity index (χ1v) is 13.5. The molecule has 0 saturated carbocycles. The first-order valence-electron chi connectivity index (χ1n) is 11.7. The number of hydrogen-bond acceptors (Lipinski definition) is 4. The van der Waals surface area contributed by atoms with E-state index in [4.69, 9.17) is 16.3 Å². The van der Waals surface area contributed by atoms with Gasteiger partial charge in [0.15, 0.2) is 0 Å². The number of sulfonamides is 1. The number of ether oxygens (including phenoxy) is 1. The molecular weight excluding hydrogens is 496 g/mol. The van der Waals surface area contributed by atoms with E-state index in [1.807, 2.05) is 38.1 Å². The van der Waals surface area contributed by atoms with E-state index in [1.165, 1.54) is 30.9 Å². The zero-order valence-corrected chi connectivity index (χ0v) is 23.1. The normalized spacial score (nSPS) is 12.6. The minimum atomic E-state index is -4.05. The van der Waals surface area contributed by atoms with Crippen molar-refractivity contribution in [2.75, 3.05) is 18.0 Å². The first kappa shape index (κ1) is 27.6. The maximum Gasteiger partial charge on any atom is 0.264 e. The molecule has 0 radical (unpaired) electrons. The van der Waals surface area contributed by atoms with Gasteiger partial charge in [0.05, 0.1) is 28.8 Å². The maximum atomic E-state index is 13.6. The maximum absolute atomic E-state index is 13.6. The number of nitrogens with one attached hydrogen (secondary N) is 1. The Labute approximate surface area is 219 Å². The molecule has 3 aromatic carbocycles. The molecule has 3 aromatic rings. The van der Waals surface area contributed by atoms with Crippen LogP contribution in [0.3, 0.4) is 0 Å². The van der Waals surface area contributed by atoms with Gasteiger partial charge in [-0.05, 0) is 60.7 Å². The minimum Gasteiger partial charge on any atom is -0.495 e. The molecule has 8 heteroatoms. The first-order chi connectivity index (χ1) is 16.8. The molecule has 0 fully saturated rings. The molecule has 1 N–H and O–H groups in total. The van der Waals surface area contributed by atoms with E-state index in [0.717, 1.165) is 15.4 Å². The lowest BCUT2D eigenvalue weighted by atomic mass is 9.86. The van der Waals surface area contributed by atoms with Gasteiger partial charge in [0.2, 0.25) is 5.91 Å². The predicted molar refractivity (Wildman–Crippen MR) is 145 cm³/mol. The van der Waals surface area contributed by atoms with E-state index in [1.54, 1.807) is 24.3 Å². The number of nitrogens with zero attached hydrogens (tertiary/aromatic N) is 1. The molecule has 192 valence electrons. The third kappa shape index (κ3) is 6.39. The van der Waals surface area contributed by atoms with Crippen molar-refractivity contribution in [3.05, 3.63) is 88.4 Å². The summed E-state index contributed by atoms with van der Waals surface area (Å²) in [5, 5.41) is 3.16. The van der Waals surface area contributed by atoms with Crippen LogP contribution >= 0.6 is 11.6 Å². The van der Waals surface area contributed by atoms with Gasteiger partial charge < -0.3 is 10.1 Å². The smallest absolute Gasteiger partial charge is 0.264 e. The van der Waals surface area contributed by atoms with Crippen LogP contribution in [0.15, 0.2) is 71.6 Å². The van der Waals surface area contributed by atoms with Crippen LogP contribution in [0.5, 0.6) is 5.75 Å². The molecule has 0 spiro atoms. The summed E-state index contributed by atoms with van der Waals surface area (Å²) in [4.78, 5) is 13.2. The number of methoxy groups -OCH3 is 1. The van der Waals surface area contributed by atoms with E-state index in [2.05, 4.69) is 26.1 Å². The van der Waals surface area contributed by atoms with E-state index < -0.39 is 22.5 Å². The molecule has 3 rings (SSSR count). The summed E-state index contributed by atoms with van der Waals surface area (Å²) >= 11 is 6.29.